The lowest BCUT2D eigenvalue weighted by Crippen LogP contribution is -2.33. The molecule has 2 fully saturated rings. The van der Waals surface area contributed by atoms with Gasteiger partial charge in [-0.2, -0.15) is 0 Å². The highest BCUT2D eigenvalue weighted by molar-refractivity contribution is 5.91. The lowest BCUT2D eigenvalue weighted by Gasteiger charge is -2.24. The number of hydrazine groups is 1. The Kier molecular flexibility index (Phi) is 6.24. The Bertz CT molecular complexity index is 910. The second-order valence-electron chi connectivity index (χ2n) is 8.31. The van der Waals surface area contributed by atoms with E-state index in [1.807, 2.05) is 43.9 Å². The number of amides is 1. The number of pyridine rings is 1. The summed E-state index contributed by atoms with van der Waals surface area (Å²) < 4.78 is 0. The molecule has 2 aliphatic rings. The van der Waals surface area contributed by atoms with E-state index in [2.05, 4.69) is 31.1 Å². The molecule has 2 aromatic rings. The van der Waals surface area contributed by atoms with Crippen molar-refractivity contribution in [1.82, 2.24) is 30.7 Å². The summed E-state index contributed by atoms with van der Waals surface area (Å²) in [5.74, 6) is 1.52. The Labute approximate surface area is 177 Å². The normalized spacial score (nSPS) is 19.4. The van der Waals surface area contributed by atoms with Gasteiger partial charge in [0.25, 0.3) is 5.91 Å². The van der Waals surface area contributed by atoms with E-state index >= 15 is 0 Å². The van der Waals surface area contributed by atoms with E-state index in [0.717, 1.165) is 67.4 Å². The molecule has 0 unspecified atom stereocenters. The molecule has 0 aromatic carbocycles. The third-order valence-electron chi connectivity index (χ3n) is 6.10. The fraction of sp³-hybridized carbons (Fsp3) is 0.545. The van der Waals surface area contributed by atoms with E-state index in [1.165, 1.54) is 0 Å². The molecule has 1 amide bonds. The first kappa shape index (κ1) is 20.7. The van der Waals surface area contributed by atoms with Crippen molar-refractivity contribution in [2.45, 2.75) is 46.1 Å². The Balaban J connectivity index is 1.50. The molecule has 1 atom stereocenters. The summed E-state index contributed by atoms with van der Waals surface area (Å²) in [6, 6.07) is 5.97. The average molecular weight is 410 g/mol. The van der Waals surface area contributed by atoms with Gasteiger partial charge < -0.3 is 10.2 Å². The molecule has 160 valence electrons. The number of hydrogen-bond donors (Lipinski definition) is 3. The first-order valence-electron chi connectivity index (χ1n) is 10.8. The molecule has 0 spiro atoms. The second kappa shape index (κ2) is 9.06. The molecule has 2 aromatic heterocycles. The van der Waals surface area contributed by atoms with E-state index in [1.54, 1.807) is 0 Å². The number of rotatable bonds is 6. The fourth-order valence-corrected chi connectivity index (χ4v) is 4.20. The number of aryl methyl sites for hydroxylation is 2. The Morgan fingerprint density at radius 3 is 2.73 bits per heavy atom. The van der Waals surface area contributed by atoms with E-state index < -0.39 is 0 Å². The number of carbonyl (C=O) groups excluding carboxylic acids is 1. The topological polar surface area (TPSA) is 95.1 Å². The van der Waals surface area contributed by atoms with Crippen LogP contribution in [0.25, 0.3) is 0 Å². The predicted molar refractivity (Wildman–Crippen MR) is 116 cm³/mol. The number of likely N-dealkylation sites (tertiary alicyclic amines) is 1. The highest BCUT2D eigenvalue weighted by Crippen LogP contribution is 2.32. The standard InChI is InChI=1S/C22H31N7O/c1-14-6-4-7-18(26-14)19-8-5-11-29(19)22(30)21-27-16(3)15(2)20(28-21)23-10-9-17-12-24-25-13-17/h4,6-7,17,19,24-25H,5,8-13H2,1-3H3,(H,23,27,28)/t19-/m0/s1. The Hall–Kier alpha value is -2.58. The number of anilines is 1. The molecular formula is C22H31N7O. The zero-order valence-electron chi connectivity index (χ0n) is 18.0. The fourth-order valence-electron chi connectivity index (χ4n) is 4.20. The molecule has 0 radical (unpaired) electrons. The molecule has 8 nitrogen and oxygen atoms in total. The number of carbonyl (C=O) groups is 1. The van der Waals surface area contributed by atoms with Crippen molar-refractivity contribution < 1.29 is 4.79 Å². The van der Waals surface area contributed by atoms with Crippen LogP contribution in [0.4, 0.5) is 5.82 Å². The van der Waals surface area contributed by atoms with Crippen LogP contribution in [0, 0.1) is 26.7 Å². The average Bonchev–Trinajstić information content (AvgIpc) is 3.42. The van der Waals surface area contributed by atoms with Gasteiger partial charge in [-0.05, 0) is 58.1 Å². The van der Waals surface area contributed by atoms with Gasteiger partial charge in [0.2, 0.25) is 5.82 Å². The summed E-state index contributed by atoms with van der Waals surface area (Å²) in [4.78, 5) is 29.0. The zero-order chi connectivity index (χ0) is 21.1. The minimum atomic E-state index is -0.115. The zero-order valence-corrected chi connectivity index (χ0v) is 18.0. The molecule has 0 aliphatic carbocycles. The second-order valence-corrected chi connectivity index (χ2v) is 8.31. The van der Waals surface area contributed by atoms with Crippen molar-refractivity contribution in [3.8, 4) is 0 Å². The quantitative estimate of drug-likeness (QED) is 0.674. The van der Waals surface area contributed by atoms with Gasteiger partial charge >= 0.3 is 0 Å². The largest absolute Gasteiger partial charge is 0.370 e. The smallest absolute Gasteiger partial charge is 0.292 e. The number of nitrogens with one attached hydrogen (secondary N) is 3. The van der Waals surface area contributed by atoms with Gasteiger partial charge in [0.1, 0.15) is 5.82 Å². The van der Waals surface area contributed by atoms with Gasteiger partial charge in [0.15, 0.2) is 0 Å². The maximum Gasteiger partial charge on any atom is 0.292 e. The van der Waals surface area contributed by atoms with E-state index in [9.17, 15) is 4.79 Å². The van der Waals surface area contributed by atoms with Crippen LogP contribution in [0.15, 0.2) is 18.2 Å². The first-order chi connectivity index (χ1) is 14.5. The lowest BCUT2D eigenvalue weighted by molar-refractivity contribution is 0.0720. The molecule has 30 heavy (non-hydrogen) atoms. The summed E-state index contributed by atoms with van der Waals surface area (Å²) in [5.41, 5.74) is 10.1. The van der Waals surface area contributed by atoms with Crippen LogP contribution in [-0.4, -0.2) is 51.9 Å². The summed E-state index contributed by atoms with van der Waals surface area (Å²) in [7, 11) is 0. The molecule has 2 saturated heterocycles. The van der Waals surface area contributed by atoms with Gasteiger partial charge in [0, 0.05) is 43.1 Å². The van der Waals surface area contributed by atoms with Crippen molar-refractivity contribution in [3.05, 3.63) is 46.7 Å². The molecule has 0 bridgehead atoms. The maximum atomic E-state index is 13.3. The lowest BCUT2D eigenvalue weighted by atomic mass is 10.1. The van der Waals surface area contributed by atoms with Crippen molar-refractivity contribution in [1.29, 1.82) is 0 Å². The van der Waals surface area contributed by atoms with Crippen molar-refractivity contribution in [2.24, 2.45) is 5.92 Å². The van der Waals surface area contributed by atoms with Crippen LogP contribution in [-0.2, 0) is 0 Å². The van der Waals surface area contributed by atoms with Crippen molar-refractivity contribution in [3.63, 3.8) is 0 Å². The minimum absolute atomic E-state index is 0.0126. The van der Waals surface area contributed by atoms with E-state index in [0.29, 0.717) is 12.5 Å². The summed E-state index contributed by atoms with van der Waals surface area (Å²) in [6.45, 7) is 9.41. The highest BCUT2D eigenvalue weighted by atomic mass is 16.2. The van der Waals surface area contributed by atoms with Crippen molar-refractivity contribution in [2.75, 3.05) is 31.5 Å². The highest BCUT2D eigenvalue weighted by Gasteiger charge is 2.33. The maximum absolute atomic E-state index is 13.3. The summed E-state index contributed by atoms with van der Waals surface area (Å²) >= 11 is 0. The predicted octanol–water partition coefficient (Wildman–Crippen LogP) is 2.30. The van der Waals surface area contributed by atoms with E-state index in [-0.39, 0.29) is 17.8 Å². The van der Waals surface area contributed by atoms with Crippen molar-refractivity contribution >= 4 is 11.7 Å². The van der Waals surface area contributed by atoms with Gasteiger partial charge in [0.05, 0.1) is 11.7 Å². The van der Waals surface area contributed by atoms with Crippen LogP contribution in [0.2, 0.25) is 0 Å². The third kappa shape index (κ3) is 4.44. The molecular weight excluding hydrogens is 378 g/mol. The molecule has 4 heterocycles. The Morgan fingerprint density at radius 2 is 1.97 bits per heavy atom. The number of hydrogen-bond acceptors (Lipinski definition) is 7. The van der Waals surface area contributed by atoms with E-state index in [4.69, 9.17) is 0 Å². The molecule has 8 heteroatoms. The third-order valence-corrected chi connectivity index (χ3v) is 6.10. The number of aromatic nitrogens is 3. The van der Waals surface area contributed by atoms with Crippen LogP contribution in [0.3, 0.4) is 0 Å². The molecule has 3 N–H and O–H groups in total. The van der Waals surface area contributed by atoms with Crippen LogP contribution >= 0.6 is 0 Å². The summed E-state index contributed by atoms with van der Waals surface area (Å²) in [6.07, 6.45) is 2.92. The van der Waals surface area contributed by atoms with Gasteiger partial charge in [-0.1, -0.05) is 6.07 Å². The van der Waals surface area contributed by atoms with Gasteiger partial charge in [-0.3, -0.25) is 20.6 Å². The number of nitrogens with zero attached hydrogens (tertiary/aromatic N) is 4. The monoisotopic (exact) mass is 409 g/mol. The van der Waals surface area contributed by atoms with Crippen LogP contribution < -0.4 is 16.2 Å². The van der Waals surface area contributed by atoms with Crippen LogP contribution in [0.5, 0.6) is 0 Å². The van der Waals surface area contributed by atoms with Crippen LogP contribution in [0.1, 0.15) is 58.6 Å². The first-order valence-corrected chi connectivity index (χ1v) is 10.8. The molecule has 2 aliphatic heterocycles. The van der Waals surface area contributed by atoms with Gasteiger partial charge in [-0.15, -0.1) is 0 Å². The minimum Gasteiger partial charge on any atom is -0.370 e. The molecule has 0 saturated carbocycles. The summed E-state index contributed by atoms with van der Waals surface area (Å²) in [5, 5.41) is 3.43. The molecule has 4 rings (SSSR count). The Morgan fingerprint density at radius 1 is 1.17 bits per heavy atom. The van der Waals surface area contributed by atoms with Gasteiger partial charge in [-0.25, -0.2) is 9.97 Å². The SMILES string of the molecule is Cc1cccc([C@@H]2CCCN2C(=O)c2nc(C)c(C)c(NCCC3CNNC3)n2)n1.